The van der Waals surface area contributed by atoms with Gasteiger partial charge in [0.2, 0.25) is 5.82 Å². The molecule has 1 spiro atoms. The number of piperidine rings is 1. The number of anilines is 2. The van der Waals surface area contributed by atoms with E-state index in [4.69, 9.17) is 4.74 Å². The van der Waals surface area contributed by atoms with Crippen LogP contribution in [0.15, 0.2) is 59.9 Å². The average molecular weight is 788 g/mol. The van der Waals surface area contributed by atoms with E-state index in [0.29, 0.717) is 42.2 Å². The number of pyridine rings is 2. The topological polar surface area (TPSA) is 208 Å². The smallest absolute Gasteiger partial charge is 0.312 e. The molecule has 2 saturated carbocycles. The number of fused-ring (bicyclic) bond motifs is 1. The van der Waals surface area contributed by atoms with Crippen molar-refractivity contribution in [3.8, 4) is 11.5 Å². The average Bonchev–Trinajstić information content (AvgIpc) is 3.65. The lowest BCUT2D eigenvalue weighted by molar-refractivity contribution is -0.384. The Hall–Kier alpha value is -4.84. The molecule has 4 aromatic rings. The molecular formula is C39H49N9O7S. The van der Waals surface area contributed by atoms with Crippen molar-refractivity contribution in [3.05, 3.63) is 70.7 Å². The van der Waals surface area contributed by atoms with Gasteiger partial charge in [-0.05, 0) is 93.9 Å². The fourth-order valence-corrected chi connectivity index (χ4v) is 9.74. The zero-order valence-electron chi connectivity index (χ0n) is 31.5. The second-order valence-corrected chi connectivity index (χ2v) is 17.9. The number of carbonyl (C=O) groups excluding carboxylic acids is 1. The molecule has 5 heterocycles. The van der Waals surface area contributed by atoms with E-state index in [0.717, 1.165) is 88.3 Å². The minimum absolute atomic E-state index is 0.0370. The van der Waals surface area contributed by atoms with Gasteiger partial charge >= 0.3 is 5.69 Å². The Bertz CT molecular complexity index is 2200. The molecule has 0 atom stereocenters. The number of aromatic amines is 1. The first-order valence-corrected chi connectivity index (χ1v) is 21.0. The van der Waals surface area contributed by atoms with Gasteiger partial charge in [-0.3, -0.25) is 19.8 Å². The van der Waals surface area contributed by atoms with E-state index in [1.807, 2.05) is 6.07 Å². The largest absolute Gasteiger partial charge is 0.455 e. The Balaban J connectivity index is 0.985. The van der Waals surface area contributed by atoms with Crippen LogP contribution in [0.3, 0.4) is 0 Å². The minimum Gasteiger partial charge on any atom is -0.455 e. The minimum atomic E-state index is -4.60. The zero-order chi connectivity index (χ0) is 39.1. The highest BCUT2D eigenvalue weighted by molar-refractivity contribution is 7.90. The van der Waals surface area contributed by atoms with E-state index < -0.39 is 37.0 Å². The molecule has 1 aromatic carbocycles. The lowest BCUT2D eigenvalue weighted by atomic mass is 9.60. The Morgan fingerprint density at radius 2 is 1.79 bits per heavy atom. The van der Waals surface area contributed by atoms with E-state index in [1.165, 1.54) is 19.0 Å². The van der Waals surface area contributed by atoms with Crippen LogP contribution in [0.5, 0.6) is 11.5 Å². The van der Waals surface area contributed by atoms with Crippen molar-refractivity contribution in [2.45, 2.75) is 74.8 Å². The SMILES string of the molecule is CC1(O)CCC(CNc2ncc(S(=O)(=O)NC(=O)c3ccc(N4CCC5(CC4)CC(N4CCNCC4)C5)cc3Oc3cnc4[nH]ccc4c3)cc2[N+](=O)[O-])CC1. The highest BCUT2D eigenvalue weighted by Crippen LogP contribution is 2.51. The number of piperazine rings is 1. The van der Waals surface area contributed by atoms with Gasteiger partial charge in [0.15, 0.2) is 0 Å². The van der Waals surface area contributed by atoms with Gasteiger partial charge in [-0.2, -0.15) is 0 Å². The van der Waals surface area contributed by atoms with Crippen LogP contribution in [-0.2, 0) is 10.0 Å². The highest BCUT2D eigenvalue weighted by Gasteiger charge is 2.48. The van der Waals surface area contributed by atoms with Crippen LogP contribution in [0.4, 0.5) is 17.2 Å². The molecule has 56 heavy (non-hydrogen) atoms. The van der Waals surface area contributed by atoms with E-state index in [-0.39, 0.29) is 23.0 Å². The number of hydrogen-bond acceptors (Lipinski definition) is 13. The fourth-order valence-electron chi connectivity index (χ4n) is 8.81. The van der Waals surface area contributed by atoms with Crippen LogP contribution in [0.2, 0.25) is 0 Å². The van der Waals surface area contributed by atoms with Gasteiger partial charge in [-0.15, -0.1) is 0 Å². The monoisotopic (exact) mass is 787 g/mol. The number of ether oxygens (including phenoxy) is 1. The van der Waals surface area contributed by atoms with Crippen molar-refractivity contribution >= 4 is 44.2 Å². The van der Waals surface area contributed by atoms with Crippen LogP contribution in [-0.4, -0.2) is 102 Å². The van der Waals surface area contributed by atoms with Gasteiger partial charge in [0.25, 0.3) is 15.9 Å². The van der Waals surface area contributed by atoms with Gasteiger partial charge in [0, 0.05) is 81.3 Å². The quantitative estimate of drug-likeness (QED) is 0.103. The number of hydrogen-bond donors (Lipinski definition) is 5. The summed E-state index contributed by atoms with van der Waals surface area (Å²) in [5, 5.41) is 29.5. The Kier molecular flexibility index (Phi) is 10.4. The number of sulfonamides is 1. The summed E-state index contributed by atoms with van der Waals surface area (Å²) in [6.45, 7) is 8.20. The van der Waals surface area contributed by atoms with Crippen molar-refractivity contribution in [2.75, 3.05) is 56.0 Å². The second-order valence-electron chi connectivity index (χ2n) is 16.3. The second kappa shape index (κ2) is 15.2. The third-order valence-electron chi connectivity index (χ3n) is 12.3. The molecule has 3 aromatic heterocycles. The highest BCUT2D eigenvalue weighted by atomic mass is 32.2. The van der Waals surface area contributed by atoms with Gasteiger partial charge < -0.3 is 30.4 Å². The summed E-state index contributed by atoms with van der Waals surface area (Å²) in [4.78, 5) is 41.0. The van der Waals surface area contributed by atoms with E-state index >= 15 is 0 Å². The number of nitrogens with one attached hydrogen (secondary N) is 4. The maximum Gasteiger partial charge on any atom is 0.312 e. The van der Waals surface area contributed by atoms with Gasteiger partial charge in [0.05, 0.1) is 28.5 Å². The third-order valence-corrected chi connectivity index (χ3v) is 13.6. The van der Waals surface area contributed by atoms with E-state index in [9.17, 15) is 28.4 Å². The van der Waals surface area contributed by atoms with Crippen LogP contribution in [0, 0.1) is 21.4 Å². The van der Waals surface area contributed by atoms with Crippen LogP contribution in [0.1, 0.15) is 68.6 Å². The van der Waals surface area contributed by atoms with Crippen LogP contribution >= 0.6 is 0 Å². The lowest BCUT2D eigenvalue weighted by Crippen LogP contribution is -2.58. The molecule has 4 aliphatic rings. The number of aliphatic hydroxyl groups is 1. The van der Waals surface area contributed by atoms with Crippen LogP contribution < -0.4 is 25.0 Å². The van der Waals surface area contributed by atoms with Gasteiger partial charge in [-0.25, -0.2) is 23.1 Å². The molecule has 1 amide bonds. The van der Waals surface area contributed by atoms with Crippen molar-refractivity contribution in [3.63, 3.8) is 0 Å². The van der Waals surface area contributed by atoms with Crippen LogP contribution in [0.25, 0.3) is 11.0 Å². The number of benzene rings is 1. The molecular weight excluding hydrogens is 739 g/mol. The number of rotatable bonds is 11. The van der Waals surface area contributed by atoms with Crippen molar-refractivity contribution < 1.29 is 28.0 Å². The number of nitro groups is 1. The number of H-pyrrole nitrogens is 1. The third kappa shape index (κ3) is 8.17. The van der Waals surface area contributed by atoms with E-state index in [1.54, 1.807) is 37.4 Å². The predicted octanol–water partition coefficient (Wildman–Crippen LogP) is 4.78. The first kappa shape index (κ1) is 38.1. The molecule has 17 heteroatoms. The first-order chi connectivity index (χ1) is 26.9. The van der Waals surface area contributed by atoms with E-state index in [2.05, 4.69) is 40.1 Å². The molecule has 5 N–H and O–H groups in total. The summed E-state index contributed by atoms with van der Waals surface area (Å²) >= 11 is 0. The summed E-state index contributed by atoms with van der Waals surface area (Å²) in [6.07, 6.45) is 11.6. The Labute approximate surface area is 325 Å². The van der Waals surface area contributed by atoms with Crippen molar-refractivity contribution in [1.82, 2.24) is 29.9 Å². The molecule has 2 saturated heterocycles. The van der Waals surface area contributed by atoms with Gasteiger partial charge in [0.1, 0.15) is 22.0 Å². The molecule has 2 aliphatic heterocycles. The summed E-state index contributed by atoms with van der Waals surface area (Å²) in [5.74, 6) is -0.364. The molecule has 0 unspecified atom stereocenters. The maximum atomic E-state index is 13.8. The molecule has 16 nitrogen and oxygen atoms in total. The number of aromatic nitrogens is 3. The summed E-state index contributed by atoms with van der Waals surface area (Å²) in [7, 11) is -4.60. The predicted molar refractivity (Wildman–Crippen MR) is 211 cm³/mol. The lowest BCUT2D eigenvalue weighted by Gasteiger charge is -2.56. The molecule has 4 fully saturated rings. The summed E-state index contributed by atoms with van der Waals surface area (Å²) in [6, 6.07) is 10.3. The summed E-state index contributed by atoms with van der Waals surface area (Å²) < 4.78 is 35.5. The molecule has 2 aliphatic carbocycles. The fraction of sp³-hybridized carbons (Fsp3) is 0.513. The first-order valence-electron chi connectivity index (χ1n) is 19.5. The van der Waals surface area contributed by atoms with Crippen molar-refractivity contribution in [1.29, 1.82) is 0 Å². The zero-order valence-corrected chi connectivity index (χ0v) is 32.3. The molecule has 0 radical (unpaired) electrons. The molecule has 298 valence electrons. The van der Waals surface area contributed by atoms with Gasteiger partial charge in [-0.1, -0.05) is 0 Å². The Morgan fingerprint density at radius 3 is 2.52 bits per heavy atom. The molecule has 8 rings (SSSR count). The Morgan fingerprint density at radius 1 is 1.04 bits per heavy atom. The maximum absolute atomic E-state index is 13.8. The molecule has 0 bridgehead atoms. The standard InChI is InChI=1S/C39H49N9O7S/c1-38(50)7-4-26(5-8-38)23-42-36-33(48(51)52)20-31(25-44-36)56(53,54)45-37(49)32-3-2-28(19-34(32)55-30-18-27-6-11-41-35(27)43-24-30)46-14-9-39(10-15-46)21-29(22-39)47-16-12-40-13-17-47/h2-3,6,11,18-20,24-26,29,40,50H,4-5,7-10,12-17,21-23H2,1H3,(H,41,43)(H,42,44)(H,45,49). The summed E-state index contributed by atoms with van der Waals surface area (Å²) in [5.41, 5.74) is 0.586. The number of carbonyl (C=O) groups is 1. The number of amides is 1. The number of nitrogens with zero attached hydrogens (tertiary/aromatic N) is 5. The van der Waals surface area contributed by atoms with Crippen molar-refractivity contribution in [2.24, 2.45) is 11.3 Å². The normalized spacial score (nSPS) is 23.1.